The average Bonchev–Trinajstić information content (AvgIpc) is 3.04. The highest BCUT2D eigenvalue weighted by molar-refractivity contribution is 5.97. The lowest BCUT2D eigenvalue weighted by Crippen LogP contribution is -2.42. The third-order valence-electron chi connectivity index (χ3n) is 5.03. The predicted molar refractivity (Wildman–Crippen MR) is 104 cm³/mol. The maximum atomic E-state index is 13.1. The van der Waals surface area contributed by atoms with Crippen molar-refractivity contribution >= 4 is 11.7 Å². The summed E-state index contributed by atoms with van der Waals surface area (Å²) >= 11 is 0. The highest BCUT2D eigenvalue weighted by atomic mass is 16.2. The van der Waals surface area contributed by atoms with Crippen molar-refractivity contribution in [2.45, 2.75) is 64.5 Å². The summed E-state index contributed by atoms with van der Waals surface area (Å²) < 4.78 is 1.71. The molecule has 1 aromatic carbocycles. The van der Waals surface area contributed by atoms with Crippen LogP contribution in [0.5, 0.6) is 0 Å². The molecule has 0 saturated carbocycles. The number of ketones is 1. The number of nitrogens with zero attached hydrogens (tertiary/aromatic N) is 4. The summed E-state index contributed by atoms with van der Waals surface area (Å²) in [6.45, 7) is 6.70. The number of Topliss-reactive ketones (excluding diaryl/α,β-unsaturated/α-hetero) is 1. The lowest BCUT2D eigenvalue weighted by molar-refractivity contribution is 0.0647. The Morgan fingerprint density at radius 3 is 2.52 bits per heavy atom. The van der Waals surface area contributed by atoms with Crippen LogP contribution in [0.15, 0.2) is 36.7 Å². The summed E-state index contributed by atoms with van der Waals surface area (Å²) in [4.78, 5) is 31.8. The van der Waals surface area contributed by atoms with Crippen molar-refractivity contribution in [2.24, 2.45) is 0 Å². The normalized spacial score (nSPS) is 18.2. The molecule has 2 heterocycles. The van der Waals surface area contributed by atoms with Crippen molar-refractivity contribution in [3.8, 4) is 0 Å². The van der Waals surface area contributed by atoms with Gasteiger partial charge in [-0.1, -0.05) is 43.2 Å². The van der Waals surface area contributed by atoms with Gasteiger partial charge in [0.2, 0.25) is 5.82 Å². The van der Waals surface area contributed by atoms with E-state index in [-0.39, 0.29) is 29.1 Å². The van der Waals surface area contributed by atoms with Gasteiger partial charge in [0.05, 0.1) is 5.54 Å². The Labute approximate surface area is 160 Å². The molecule has 0 radical (unpaired) electrons. The highest BCUT2D eigenvalue weighted by Crippen LogP contribution is 2.23. The first-order valence-corrected chi connectivity index (χ1v) is 9.67. The number of hydrogen-bond acceptors (Lipinski definition) is 4. The molecule has 0 aliphatic carbocycles. The summed E-state index contributed by atoms with van der Waals surface area (Å²) in [7, 11) is 0. The first-order valence-electron chi connectivity index (χ1n) is 9.67. The zero-order valence-electron chi connectivity index (χ0n) is 16.4. The smallest absolute Gasteiger partial charge is 0.293 e. The minimum Gasteiger partial charge on any atom is -0.332 e. The number of aromatic nitrogens is 3. The van der Waals surface area contributed by atoms with Crippen molar-refractivity contribution in [3.63, 3.8) is 0 Å². The Hall–Kier alpha value is -2.50. The third kappa shape index (κ3) is 4.62. The molecular weight excluding hydrogens is 340 g/mol. The summed E-state index contributed by atoms with van der Waals surface area (Å²) in [6.07, 6.45) is 5.83. The first kappa shape index (κ1) is 19.3. The van der Waals surface area contributed by atoms with E-state index in [1.807, 2.05) is 56.0 Å². The van der Waals surface area contributed by atoms with Crippen molar-refractivity contribution in [1.82, 2.24) is 19.7 Å². The summed E-state index contributed by atoms with van der Waals surface area (Å²) in [5, 5.41) is 4.39. The number of carbonyl (C=O) groups excluding carboxylic acids is 2. The Morgan fingerprint density at radius 1 is 1.11 bits per heavy atom. The van der Waals surface area contributed by atoms with E-state index in [0.717, 1.165) is 25.7 Å². The molecule has 2 aromatic rings. The quantitative estimate of drug-likeness (QED) is 0.772. The Kier molecular flexibility index (Phi) is 5.73. The zero-order chi connectivity index (χ0) is 19.4. The van der Waals surface area contributed by atoms with Gasteiger partial charge < -0.3 is 4.90 Å². The maximum absolute atomic E-state index is 13.1. The second-order valence-corrected chi connectivity index (χ2v) is 8.18. The fourth-order valence-corrected chi connectivity index (χ4v) is 3.43. The van der Waals surface area contributed by atoms with E-state index in [0.29, 0.717) is 18.5 Å². The van der Waals surface area contributed by atoms with Gasteiger partial charge in [-0.05, 0) is 33.6 Å². The van der Waals surface area contributed by atoms with Crippen molar-refractivity contribution < 1.29 is 9.59 Å². The molecule has 27 heavy (non-hydrogen) atoms. The van der Waals surface area contributed by atoms with Crippen LogP contribution in [0.25, 0.3) is 0 Å². The van der Waals surface area contributed by atoms with Gasteiger partial charge in [-0.25, -0.2) is 9.67 Å². The van der Waals surface area contributed by atoms with E-state index >= 15 is 0 Å². The maximum Gasteiger partial charge on any atom is 0.293 e. The first-order chi connectivity index (χ1) is 12.9. The Bertz CT molecular complexity index is 792. The molecule has 1 aromatic heterocycles. The lowest BCUT2D eigenvalue weighted by Gasteiger charge is -2.29. The highest BCUT2D eigenvalue weighted by Gasteiger charge is 2.31. The fourth-order valence-electron chi connectivity index (χ4n) is 3.43. The van der Waals surface area contributed by atoms with Crippen molar-refractivity contribution in [2.75, 3.05) is 6.54 Å². The Morgan fingerprint density at radius 2 is 1.85 bits per heavy atom. The molecule has 0 bridgehead atoms. The molecule has 3 rings (SSSR count). The van der Waals surface area contributed by atoms with Gasteiger partial charge in [-0.3, -0.25) is 9.59 Å². The topological polar surface area (TPSA) is 68.1 Å². The van der Waals surface area contributed by atoms with Gasteiger partial charge in [0.1, 0.15) is 6.33 Å². The van der Waals surface area contributed by atoms with Gasteiger partial charge in [0.25, 0.3) is 5.91 Å². The van der Waals surface area contributed by atoms with Crippen LogP contribution in [-0.2, 0) is 5.54 Å². The molecule has 1 saturated heterocycles. The number of amides is 1. The predicted octanol–water partition coefficient (Wildman–Crippen LogP) is 3.69. The molecule has 1 aliphatic rings. The van der Waals surface area contributed by atoms with E-state index in [1.54, 1.807) is 11.0 Å². The summed E-state index contributed by atoms with van der Waals surface area (Å²) in [5.74, 6) is 0.114. The molecule has 1 fully saturated rings. The zero-order valence-corrected chi connectivity index (χ0v) is 16.4. The average molecular weight is 368 g/mol. The van der Waals surface area contributed by atoms with Crippen molar-refractivity contribution in [3.05, 3.63) is 48.0 Å². The van der Waals surface area contributed by atoms with Crippen LogP contribution >= 0.6 is 0 Å². The molecule has 6 nitrogen and oxygen atoms in total. The molecule has 1 amide bonds. The summed E-state index contributed by atoms with van der Waals surface area (Å²) in [5.41, 5.74) is 0.469. The summed E-state index contributed by atoms with van der Waals surface area (Å²) in [6, 6.07) is 9.19. The van der Waals surface area contributed by atoms with Crippen molar-refractivity contribution in [1.29, 1.82) is 0 Å². The molecule has 0 spiro atoms. The number of carbonyl (C=O) groups is 2. The molecule has 6 heteroatoms. The molecule has 1 aliphatic heterocycles. The monoisotopic (exact) mass is 368 g/mol. The number of likely N-dealkylation sites (tertiary alicyclic amines) is 1. The minimum absolute atomic E-state index is 0.0773. The largest absolute Gasteiger partial charge is 0.332 e. The van der Waals surface area contributed by atoms with Crippen LogP contribution in [0.3, 0.4) is 0 Å². The molecule has 1 unspecified atom stereocenters. The van der Waals surface area contributed by atoms with Gasteiger partial charge in [-0.2, -0.15) is 0 Å². The minimum atomic E-state index is -0.229. The van der Waals surface area contributed by atoms with E-state index < -0.39 is 0 Å². The second kappa shape index (κ2) is 8.03. The lowest BCUT2D eigenvalue weighted by atomic mass is 9.99. The molecule has 1 atom stereocenters. The van der Waals surface area contributed by atoms with Crippen LogP contribution in [0.2, 0.25) is 0 Å². The third-order valence-corrected chi connectivity index (χ3v) is 5.03. The molecule has 144 valence electrons. The van der Waals surface area contributed by atoms with Gasteiger partial charge in [-0.15, -0.1) is 5.10 Å². The van der Waals surface area contributed by atoms with Gasteiger partial charge in [0, 0.05) is 24.6 Å². The van der Waals surface area contributed by atoms with Gasteiger partial charge in [0.15, 0.2) is 5.78 Å². The Balaban J connectivity index is 1.79. The van der Waals surface area contributed by atoms with Crippen LogP contribution in [0, 0.1) is 0 Å². The second-order valence-electron chi connectivity index (χ2n) is 8.18. The number of benzene rings is 1. The van der Waals surface area contributed by atoms with Crippen LogP contribution in [0.4, 0.5) is 0 Å². The van der Waals surface area contributed by atoms with Crippen LogP contribution in [0.1, 0.15) is 73.9 Å². The number of rotatable bonds is 4. The fraction of sp³-hybridized carbons (Fsp3) is 0.524. The van der Waals surface area contributed by atoms with Crippen LogP contribution < -0.4 is 0 Å². The van der Waals surface area contributed by atoms with E-state index in [4.69, 9.17) is 0 Å². The van der Waals surface area contributed by atoms with E-state index in [2.05, 4.69) is 10.1 Å². The standard InChI is InChI=1S/C21H28N4O2/c1-21(2,3)25-15-22-19(23-25)20(27)24-13-9-5-8-12-17(24)14-18(26)16-10-6-4-7-11-16/h4,6-7,10-11,15,17H,5,8-9,12-14H2,1-3H3. The van der Waals surface area contributed by atoms with Crippen LogP contribution in [-0.4, -0.2) is 43.9 Å². The van der Waals surface area contributed by atoms with E-state index in [1.165, 1.54) is 0 Å². The number of hydrogen-bond donors (Lipinski definition) is 0. The SMILES string of the molecule is CC(C)(C)n1cnc(C(=O)N2CCCCCC2CC(=O)c2ccccc2)n1. The molecular formula is C21H28N4O2. The molecule has 0 N–H and O–H groups in total. The van der Waals surface area contributed by atoms with E-state index in [9.17, 15) is 9.59 Å². The van der Waals surface area contributed by atoms with Gasteiger partial charge >= 0.3 is 0 Å².